The second-order valence-electron chi connectivity index (χ2n) is 8.75. The van der Waals surface area contributed by atoms with E-state index in [1.165, 1.54) is 25.4 Å². The number of ether oxygens (including phenoxy) is 1. The molecular formula is C28H24ClFN6O2S. The number of aromatic nitrogens is 2. The molecule has 2 aromatic heterocycles. The fourth-order valence-electron chi connectivity index (χ4n) is 4.49. The second-order valence-corrected chi connectivity index (χ2v) is 9.56. The van der Waals surface area contributed by atoms with Crippen LogP contribution in [0.1, 0.15) is 38.7 Å². The standard InChI is InChI=1S/C28H24ClFN6O2S/c1-38-24-8-3-2-7-23(24)33-27(37)17-13-21(29)26(32-14-17)35-36-28(39)34-25-19-5-4-6-22(30)18(19)10-9-16-11-12-31-15-20(16)25/h2-8,11-15,25H,9-10H2,1H3,(H,32,35)(H,33,37)(H2,34,36,39). The molecule has 1 atom stereocenters. The zero-order valence-corrected chi connectivity index (χ0v) is 22.4. The number of hydrogen-bond acceptors (Lipinski definition) is 6. The molecule has 1 aliphatic carbocycles. The van der Waals surface area contributed by atoms with Gasteiger partial charge < -0.3 is 15.4 Å². The molecule has 39 heavy (non-hydrogen) atoms. The highest BCUT2D eigenvalue weighted by atomic mass is 35.5. The van der Waals surface area contributed by atoms with Crippen LogP contribution in [0, 0.1) is 5.82 Å². The minimum Gasteiger partial charge on any atom is -0.495 e. The van der Waals surface area contributed by atoms with E-state index < -0.39 is 11.9 Å². The topological polar surface area (TPSA) is 100 Å². The van der Waals surface area contributed by atoms with Gasteiger partial charge in [-0.3, -0.25) is 20.6 Å². The number of fused-ring (bicyclic) bond motifs is 2. The maximum atomic E-state index is 14.7. The van der Waals surface area contributed by atoms with E-state index in [0.717, 1.165) is 16.7 Å². The number of hydrazine groups is 1. The number of nitrogens with zero attached hydrogens (tertiary/aromatic N) is 2. The van der Waals surface area contributed by atoms with Gasteiger partial charge in [-0.25, -0.2) is 9.37 Å². The van der Waals surface area contributed by atoms with Crippen molar-refractivity contribution in [3.8, 4) is 5.75 Å². The largest absolute Gasteiger partial charge is 0.495 e. The van der Waals surface area contributed by atoms with Gasteiger partial charge >= 0.3 is 0 Å². The lowest BCUT2D eigenvalue weighted by Gasteiger charge is -2.23. The molecule has 8 nitrogen and oxygen atoms in total. The number of pyridine rings is 2. The molecule has 1 amide bonds. The number of thiocarbonyl (C=S) groups is 1. The number of para-hydroxylation sites is 2. The summed E-state index contributed by atoms with van der Waals surface area (Å²) in [7, 11) is 1.53. The van der Waals surface area contributed by atoms with Crippen LogP contribution >= 0.6 is 23.8 Å². The third-order valence-corrected chi connectivity index (χ3v) is 6.90. The highest BCUT2D eigenvalue weighted by Crippen LogP contribution is 2.33. The molecule has 198 valence electrons. The van der Waals surface area contributed by atoms with Gasteiger partial charge in [-0.2, -0.15) is 0 Å². The number of carbonyl (C=O) groups excluding carboxylic acids is 1. The van der Waals surface area contributed by atoms with Gasteiger partial charge in [-0.05, 0) is 72.1 Å². The number of benzene rings is 2. The third kappa shape index (κ3) is 5.76. The van der Waals surface area contributed by atoms with Crippen LogP contribution in [-0.2, 0) is 12.8 Å². The molecule has 1 aliphatic rings. The zero-order valence-electron chi connectivity index (χ0n) is 20.8. The molecule has 4 N–H and O–H groups in total. The average molecular weight is 563 g/mol. The average Bonchev–Trinajstić information content (AvgIpc) is 3.10. The molecular weight excluding hydrogens is 539 g/mol. The number of methoxy groups -OCH3 is 1. The summed E-state index contributed by atoms with van der Waals surface area (Å²) >= 11 is 11.9. The summed E-state index contributed by atoms with van der Waals surface area (Å²) < 4.78 is 20.0. The number of nitrogens with one attached hydrogen (secondary N) is 4. The fraction of sp³-hybridized carbons (Fsp3) is 0.143. The van der Waals surface area contributed by atoms with Crippen molar-refractivity contribution in [3.05, 3.63) is 112 Å². The molecule has 1 unspecified atom stereocenters. The zero-order chi connectivity index (χ0) is 27.4. The summed E-state index contributed by atoms with van der Waals surface area (Å²) in [6.45, 7) is 0. The number of amides is 1. The van der Waals surface area contributed by atoms with Crippen molar-refractivity contribution in [3.63, 3.8) is 0 Å². The summed E-state index contributed by atoms with van der Waals surface area (Å²) in [6, 6.07) is 15.1. The summed E-state index contributed by atoms with van der Waals surface area (Å²) in [5, 5.41) is 6.49. The fourth-order valence-corrected chi connectivity index (χ4v) is 4.88. The van der Waals surface area contributed by atoms with Gasteiger partial charge in [0.15, 0.2) is 10.9 Å². The lowest BCUT2D eigenvalue weighted by molar-refractivity contribution is 0.102. The van der Waals surface area contributed by atoms with E-state index in [-0.39, 0.29) is 27.3 Å². The first-order valence-corrected chi connectivity index (χ1v) is 12.9. The van der Waals surface area contributed by atoms with Crippen molar-refractivity contribution < 1.29 is 13.9 Å². The van der Waals surface area contributed by atoms with Crippen molar-refractivity contribution in [2.24, 2.45) is 0 Å². The molecule has 0 spiro atoms. The first kappa shape index (κ1) is 26.3. The van der Waals surface area contributed by atoms with Crippen molar-refractivity contribution in [1.29, 1.82) is 0 Å². The Balaban J connectivity index is 1.28. The Morgan fingerprint density at radius 3 is 2.77 bits per heavy atom. The van der Waals surface area contributed by atoms with E-state index in [2.05, 4.69) is 31.5 Å². The highest BCUT2D eigenvalue weighted by molar-refractivity contribution is 7.80. The van der Waals surface area contributed by atoms with E-state index in [0.29, 0.717) is 29.8 Å². The minimum absolute atomic E-state index is 0.203. The lowest BCUT2D eigenvalue weighted by Crippen LogP contribution is -2.41. The Hall–Kier alpha value is -4.28. The summed E-state index contributed by atoms with van der Waals surface area (Å²) in [5.41, 5.74) is 9.98. The van der Waals surface area contributed by atoms with Crippen LogP contribution in [0.2, 0.25) is 5.02 Å². The predicted octanol–water partition coefficient (Wildman–Crippen LogP) is 5.21. The maximum absolute atomic E-state index is 14.7. The lowest BCUT2D eigenvalue weighted by atomic mass is 9.96. The smallest absolute Gasteiger partial charge is 0.257 e. The molecule has 4 aromatic rings. The van der Waals surface area contributed by atoms with Gasteiger partial charge in [0.25, 0.3) is 5.91 Å². The van der Waals surface area contributed by atoms with Gasteiger partial charge in [0.1, 0.15) is 11.6 Å². The van der Waals surface area contributed by atoms with Crippen molar-refractivity contribution in [2.45, 2.75) is 18.9 Å². The van der Waals surface area contributed by atoms with Crippen molar-refractivity contribution in [1.82, 2.24) is 20.7 Å². The molecule has 0 bridgehead atoms. The molecule has 2 aromatic carbocycles. The predicted molar refractivity (Wildman–Crippen MR) is 153 cm³/mol. The first-order valence-electron chi connectivity index (χ1n) is 12.1. The summed E-state index contributed by atoms with van der Waals surface area (Å²) in [4.78, 5) is 21.3. The first-order chi connectivity index (χ1) is 18.9. The Morgan fingerprint density at radius 1 is 1.10 bits per heavy atom. The molecule has 0 fully saturated rings. The molecule has 0 aliphatic heterocycles. The number of rotatable bonds is 6. The van der Waals surface area contributed by atoms with Crippen LogP contribution in [0.4, 0.5) is 15.9 Å². The maximum Gasteiger partial charge on any atom is 0.257 e. The SMILES string of the molecule is COc1ccccc1NC(=O)c1cnc(NNC(=S)NC2c3cnccc3CCc3c(F)cccc32)c(Cl)c1. The van der Waals surface area contributed by atoms with Gasteiger partial charge in [0.2, 0.25) is 0 Å². The van der Waals surface area contributed by atoms with E-state index >= 15 is 0 Å². The second kappa shape index (κ2) is 11.6. The van der Waals surface area contributed by atoms with Gasteiger partial charge in [-0.15, -0.1) is 0 Å². The molecule has 0 saturated carbocycles. The van der Waals surface area contributed by atoms with E-state index in [4.69, 9.17) is 28.6 Å². The Bertz CT molecular complexity index is 1550. The van der Waals surface area contributed by atoms with Crippen LogP contribution < -0.4 is 26.2 Å². The van der Waals surface area contributed by atoms with Crippen LogP contribution in [0.5, 0.6) is 5.75 Å². The monoisotopic (exact) mass is 562 g/mol. The van der Waals surface area contributed by atoms with Gasteiger partial charge in [0.05, 0.1) is 29.4 Å². The minimum atomic E-state index is -0.409. The molecule has 0 radical (unpaired) electrons. The van der Waals surface area contributed by atoms with Gasteiger partial charge in [0, 0.05) is 24.2 Å². The number of aryl methyl sites for hydroxylation is 1. The van der Waals surface area contributed by atoms with Crippen LogP contribution in [0.25, 0.3) is 0 Å². The van der Waals surface area contributed by atoms with E-state index in [9.17, 15) is 9.18 Å². The molecule has 2 heterocycles. The third-order valence-electron chi connectivity index (χ3n) is 6.40. The molecule has 0 saturated heterocycles. The van der Waals surface area contributed by atoms with Crippen molar-refractivity contribution >= 4 is 46.3 Å². The Kier molecular flexibility index (Phi) is 7.85. The summed E-state index contributed by atoms with van der Waals surface area (Å²) in [6.07, 6.45) is 6.17. The molecule has 5 rings (SSSR count). The Labute approximate surface area is 234 Å². The highest BCUT2D eigenvalue weighted by Gasteiger charge is 2.26. The van der Waals surface area contributed by atoms with Crippen LogP contribution in [0.3, 0.4) is 0 Å². The normalized spacial score (nSPS) is 13.8. The number of hydrogen-bond donors (Lipinski definition) is 4. The summed E-state index contributed by atoms with van der Waals surface area (Å²) in [5.74, 6) is 0.162. The van der Waals surface area contributed by atoms with E-state index in [1.54, 1.807) is 36.7 Å². The van der Waals surface area contributed by atoms with Crippen LogP contribution in [0.15, 0.2) is 73.2 Å². The number of carbonyl (C=O) groups is 1. The van der Waals surface area contributed by atoms with E-state index in [1.807, 2.05) is 18.2 Å². The van der Waals surface area contributed by atoms with Crippen molar-refractivity contribution in [2.75, 3.05) is 17.9 Å². The van der Waals surface area contributed by atoms with Crippen LogP contribution in [-0.4, -0.2) is 28.1 Å². The number of anilines is 2. The Morgan fingerprint density at radius 2 is 1.95 bits per heavy atom. The molecule has 11 heteroatoms. The van der Waals surface area contributed by atoms with Gasteiger partial charge in [-0.1, -0.05) is 35.9 Å². The number of halogens is 2. The quantitative estimate of drug-likeness (QED) is 0.188.